The lowest BCUT2D eigenvalue weighted by Gasteiger charge is -2.02. The van der Waals surface area contributed by atoms with Crippen molar-refractivity contribution < 1.29 is 4.39 Å². The van der Waals surface area contributed by atoms with Crippen LogP contribution in [0.1, 0.15) is 0 Å². The second-order valence-corrected chi connectivity index (χ2v) is 5.89. The highest BCUT2D eigenvalue weighted by Gasteiger charge is 2.15. The van der Waals surface area contributed by atoms with Crippen molar-refractivity contribution in [2.45, 2.75) is 0 Å². The second kappa shape index (κ2) is 5.00. The molecule has 0 aliphatic rings. The molecule has 4 rings (SSSR count). The fraction of sp³-hybridized carbons (Fsp3) is 0. The van der Waals surface area contributed by atoms with Crippen molar-refractivity contribution in [2.24, 2.45) is 0 Å². The van der Waals surface area contributed by atoms with Crippen molar-refractivity contribution in [3.05, 3.63) is 58.0 Å². The Labute approximate surface area is 137 Å². The number of fused-ring (bicyclic) bond motifs is 3. The number of aromatic nitrogens is 4. The Morgan fingerprint density at radius 3 is 2.73 bits per heavy atom. The molecular weight excluding hydrogens is 371 g/mol. The Morgan fingerprint density at radius 1 is 1.09 bits per heavy atom. The molecule has 2 aromatic heterocycles. The fourth-order valence-electron chi connectivity index (χ4n) is 2.33. The van der Waals surface area contributed by atoms with Gasteiger partial charge < -0.3 is 0 Å². The van der Waals surface area contributed by atoms with Crippen LogP contribution in [0.15, 0.2) is 46.9 Å². The van der Waals surface area contributed by atoms with E-state index >= 15 is 0 Å². The zero-order valence-corrected chi connectivity index (χ0v) is 13.3. The summed E-state index contributed by atoms with van der Waals surface area (Å²) in [5, 5.41) is 5.35. The van der Waals surface area contributed by atoms with Crippen molar-refractivity contribution in [3.63, 3.8) is 0 Å². The van der Waals surface area contributed by atoms with E-state index in [0.29, 0.717) is 22.6 Å². The molecule has 4 aromatic rings. The lowest BCUT2D eigenvalue weighted by molar-refractivity contribution is 0.628. The molecule has 4 nitrogen and oxygen atoms in total. The van der Waals surface area contributed by atoms with Gasteiger partial charge in [-0.1, -0.05) is 18.2 Å². The smallest absolute Gasteiger partial charge is 0.218 e. The average molecular weight is 378 g/mol. The number of nitrogens with zero attached hydrogens (tertiary/aromatic N) is 4. The highest BCUT2D eigenvalue weighted by Crippen LogP contribution is 2.29. The molecular formula is C15H7BrClFN4. The van der Waals surface area contributed by atoms with E-state index in [0.717, 1.165) is 9.86 Å². The molecule has 0 amide bonds. The van der Waals surface area contributed by atoms with Gasteiger partial charge in [0, 0.05) is 10.0 Å². The first kappa shape index (κ1) is 13.6. The van der Waals surface area contributed by atoms with Crippen LogP contribution in [-0.4, -0.2) is 19.6 Å². The van der Waals surface area contributed by atoms with E-state index in [2.05, 4.69) is 31.0 Å². The summed E-state index contributed by atoms with van der Waals surface area (Å²) >= 11 is 9.68. The summed E-state index contributed by atoms with van der Waals surface area (Å²) in [6.45, 7) is 0. The topological polar surface area (TPSA) is 43.1 Å². The first-order chi connectivity index (χ1) is 10.6. The molecule has 0 atom stereocenters. The molecule has 0 saturated carbocycles. The third kappa shape index (κ3) is 2.07. The van der Waals surface area contributed by atoms with Crippen molar-refractivity contribution in [3.8, 4) is 11.4 Å². The van der Waals surface area contributed by atoms with E-state index in [1.165, 1.54) is 16.6 Å². The molecule has 108 valence electrons. The minimum absolute atomic E-state index is 0.204. The molecule has 2 heterocycles. The molecule has 0 spiro atoms. The normalized spacial score (nSPS) is 11.4. The lowest BCUT2D eigenvalue weighted by Crippen LogP contribution is -1.95. The highest BCUT2D eigenvalue weighted by atomic mass is 79.9. The zero-order chi connectivity index (χ0) is 15.3. The lowest BCUT2D eigenvalue weighted by atomic mass is 10.2. The van der Waals surface area contributed by atoms with Crippen LogP contribution in [0.5, 0.6) is 0 Å². The van der Waals surface area contributed by atoms with Crippen LogP contribution in [0.25, 0.3) is 27.9 Å². The summed E-state index contributed by atoms with van der Waals surface area (Å²) in [4.78, 5) is 8.82. The quantitative estimate of drug-likeness (QED) is 0.459. The average Bonchev–Trinajstić information content (AvgIpc) is 2.93. The Morgan fingerprint density at radius 2 is 1.91 bits per heavy atom. The molecule has 0 aliphatic heterocycles. The van der Waals surface area contributed by atoms with Gasteiger partial charge in [0.2, 0.25) is 5.28 Å². The molecule has 2 aromatic carbocycles. The van der Waals surface area contributed by atoms with Gasteiger partial charge in [-0.3, -0.25) is 0 Å². The molecule has 0 radical (unpaired) electrons. The number of benzene rings is 2. The van der Waals surface area contributed by atoms with E-state index in [1.807, 2.05) is 18.2 Å². The number of hydrogen-bond acceptors (Lipinski definition) is 3. The van der Waals surface area contributed by atoms with Crippen LogP contribution in [0.2, 0.25) is 5.28 Å². The Hall–Kier alpha value is -2.05. The Kier molecular flexibility index (Phi) is 3.09. The van der Waals surface area contributed by atoms with Gasteiger partial charge in [-0.15, -0.1) is 5.10 Å². The van der Waals surface area contributed by atoms with Gasteiger partial charge in [0.05, 0.1) is 10.9 Å². The van der Waals surface area contributed by atoms with Crippen molar-refractivity contribution in [2.75, 3.05) is 0 Å². The zero-order valence-electron chi connectivity index (χ0n) is 11.0. The van der Waals surface area contributed by atoms with E-state index in [4.69, 9.17) is 11.6 Å². The third-order valence-corrected chi connectivity index (χ3v) is 4.20. The Bertz CT molecular complexity index is 1030. The minimum atomic E-state index is -0.341. The van der Waals surface area contributed by atoms with Gasteiger partial charge in [0.1, 0.15) is 5.82 Å². The summed E-state index contributed by atoms with van der Waals surface area (Å²) in [5.41, 5.74) is 1.87. The molecule has 0 fully saturated rings. The van der Waals surface area contributed by atoms with Crippen LogP contribution in [0, 0.1) is 5.82 Å². The SMILES string of the molecule is Fc1cccc(-c2nc3c4c(Br)cccc4nc(Cl)n3n2)c1. The predicted octanol–water partition coefficient (Wildman–Crippen LogP) is 4.50. The van der Waals surface area contributed by atoms with Crippen LogP contribution in [0.4, 0.5) is 4.39 Å². The van der Waals surface area contributed by atoms with Crippen molar-refractivity contribution in [1.82, 2.24) is 19.6 Å². The maximum Gasteiger partial charge on any atom is 0.226 e. The van der Waals surface area contributed by atoms with Crippen LogP contribution in [-0.2, 0) is 0 Å². The minimum Gasteiger partial charge on any atom is -0.218 e. The van der Waals surface area contributed by atoms with Gasteiger partial charge in [-0.2, -0.15) is 4.52 Å². The fourth-order valence-corrected chi connectivity index (χ4v) is 3.07. The molecule has 7 heteroatoms. The highest BCUT2D eigenvalue weighted by molar-refractivity contribution is 9.10. The van der Waals surface area contributed by atoms with E-state index in [-0.39, 0.29) is 11.1 Å². The largest absolute Gasteiger partial charge is 0.226 e. The molecule has 0 saturated heterocycles. The van der Waals surface area contributed by atoms with Crippen LogP contribution in [0.3, 0.4) is 0 Å². The maximum absolute atomic E-state index is 13.4. The molecule has 0 bridgehead atoms. The number of rotatable bonds is 1. The summed E-state index contributed by atoms with van der Waals surface area (Å²) in [6, 6.07) is 11.7. The molecule has 0 aliphatic carbocycles. The van der Waals surface area contributed by atoms with E-state index < -0.39 is 0 Å². The second-order valence-electron chi connectivity index (χ2n) is 4.70. The van der Waals surface area contributed by atoms with Crippen molar-refractivity contribution >= 4 is 44.1 Å². The van der Waals surface area contributed by atoms with Gasteiger partial charge in [-0.05, 0) is 51.8 Å². The van der Waals surface area contributed by atoms with E-state index in [1.54, 1.807) is 12.1 Å². The van der Waals surface area contributed by atoms with Crippen LogP contribution < -0.4 is 0 Å². The van der Waals surface area contributed by atoms with Crippen molar-refractivity contribution in [1.29, 1.82) is 0 Å². The Balaban J connectivity index is 2.09. The molecule has 0 N–H and O–H groups in total. The molecule has 22 heavy (non-hydrogen) atoms. The maximum atomic E-state index is 13.4. The predicted molar refractivity (Wildman–Crippen MR) is 86.4 cm³/mol. The standard InChI is InChI=1S/C15H7BrClFN4/c16-10-5-2-6-11-12(10)14-20-13(21-22(14)15(17)19-11)8-3-1-4-9(18)7-8/h1-7H. The first-order valence-electron chi connectivity index (χ1n) is 6.40. The van der Waals surface area contributed by atoms with Gasteiger partial charge in [0.25, 0.3) is 0 Å². The summed E-state index contributed by atoms with van der Waals surface area (Å²) in [7, 11) is 0. The third-order valence-electron chi connectivity index (χ3n) is 3.29. The van der Waals surface area contributed by atoms with Crippen LogP contribution >= 0.6 is 27.5 Å². The van der Waals surface area contributed by atoms with Gasteiger partial charge in [-0.25, -0.2) is 14.4 Å². The number of halogens is 3. The first-order valence-corrected chi connectivity index (χ1v) is 7.57. The summed E-state index contributed by atoms with van der Waals surface area (Å²) < 4.78 is 15.7. The summed E-state index contributed by atoms with van der Waals surface area (Å²) in [5.74, 6) is 0.0538. The van der Waals surface area contributed by atoms with Gasteiger partial charge in [0.15, 0.2) is 11.5 Å². The van der Waals surface area contributed by atoms with Gasteiger partial charge >= 0.3 is 0 Å². The monoisotopic (exact) mass is 376 g/mol. The number of hydrogen-bond donors (Lipinski definition) is 0. The molecule has 0 unspecified atom stereocenters. The summed E-state index contributed by atoms with van der Waals surface area (Å²) in [6.07, 6.45) is 0. The van der Waals surface area contributed by atoms with E-state index in [9.17, 15) is 4.39 Å².